The fourth-order valence-electron chi connectivity index (χ4n) is 2.64. The molecule has 0 aromatic rings. The molecule has 0 spiro atoms. The van der Waals surface area contributed by atoms with E-state index in [2.05, 4.69) is 6.92 Å². The third kappa shape index (κ3) is 3.64. The molecule has 3 atom stereocenters. The Morgan fingerprint density at radius 3 is 2.44 bits per heavy atom. The normalized spacial score (nSPS) is 27.2. The van der Waals surface area contributed by atoms with Gasteiger partial charge in [-0.1, -0.05) is 13.3 Å². The van der Waals surface area contributed by atoms with Gasteiger partial charge in [0, 0.05) is 19.3 Å². The van der Waals surface area contributed by atoms with Crippen LogP contribution in [-0.2, 0) is 9.59 Å². The molecule has 0 bridgehead atoms. The van der Waals surface area contributed by atoms with Crippen molar-refractivity contribution in [3.05, 3.63) is 0 Å². The predicted octanol–water partition coefficient (Wildman–Crippen LogP) is 1.94. The minimum absolute atomic E-state index is 0.00685. The average Bonchev–Trinajstić information content (AvgIpc) is 2.79. The molecule has 0 aromatic heterocycles. The molecule has 1 aliphatic carbocycles. The van der Waals surface area contributed by atoms with Gasteiger partial charge >= 0.3 is 5.97 Å². The van der Waals surface area contributed by atoms with Crippen molar-refractivity contribution in [3.63, 3.8) is 0 Å². The molecule has 1 fully saturated rings. The zero-order chi connectivity index (χ0) is 13.7. The van der Waals surface area contributed by atoms with Crippen LogP contribution in [0.1, 0.15) is 26.2 Å². The van der Waals surface area contributed by atoms with Crippen molar-refractivity contribution in [1.82, 2.24) is 4.90 Å². The van der Waals surface area contributed by atoms with Gasteiger partial charge in [-0.2, -0.15) is 11.8 Å². The van der Waals surface area contributed by atoms with Crippen LogP contribution in [-0.4, -0.2) is 47.5 Å². The van der Waals surface area contributed by atoms with Crippen LogP contribution >= 0.6 is 11.8 Å². The molecule has 0 aliphatic heterocycles. The summed E-state index contributed by atoms with van der Waals surface area (Å²) in [7, 11) is 1.77. The predicted molar refractivity (Wildman–Crippen MR) is 73.6 cm³/mol. The topological polar surface area (TPSA) is 57.6 Å². The molecule has 1 unspecified atom stereocenters. The summed E-state index contributed by atoms with van der Waals surface area (Å²) in [5, 5.41) is 9.23. The molecular weight excluding hydrogens is 250 g/mol. The van der Waals surface area contributed by atoms with Gasteiger partial charge in [-0.25, -0.2) is 0 Å². The largest absolute Gasteiger partial charge is 0.481 e. The molecule has 1 amide bonds. The van der Waals surface area contributed by atoms with Crippen molar-refractivity contribution in [2.45, 2.75) is 26.2 Å². The van der Waals surface area contributed by atoms with Crippen LogP contribution in [0.25, 0.3) is 0 Å². The summed E-state index contributed by atoms with van der Waals surface area (Å²) in [5.41, 5.74) is 0. The van der Waals surface area contributed by atoms with E-state index in [4.69, 9.17) is 0 Å². The van der Waals surface area contributed by atoms with Gasteiger partial charge < -0.3 is 10.0 Å². The lowest BCUT2D eigenvalue weighted by Crippen LogP contribution is -2.37. The Morgan fingerprint density at radius 2 is 1.94 bits per heavy atom. The van der Waals surface area contributed by atoms with Gasteiger partial charge in [0.05, 0.1) is 11.8 Å². The van der Waals surface area contributed by atoms with Crippen LogP contribution in [0, 0.1) is 17.8 Å². The number of carbonyl (C=O) groups excluding carboxylic acids is 1. The third-order valence-corrected chi connectivity index (χ3v) is 4.47. The molecule has 4 nitrogen and oxygen atoms in total. The molecule has 1 saturated carbocycles. The van der Waals surface area contributed by atoms with Gasteiger partial charge in [0.2, 0.25) is 5.91 Å². The summed E-state index contributed by atoms with van der Waals surface area (Å²) in [6.07, 6.45) is 4.34. The summed E-state index contributed by atoms with van der Waals surface area (Å²) < 4.78 is 0. The Bertz CT molecular complexity index is 309. The number of aliphatic carboxylic acids is 1. The first-order valence-electron chi connectivity index (χ1n) is 6.47. The first kappa shape index (κ1) is 15.3. The second-order valence-corrected chi connectivity index (χ2v) is 6.04. The zero-order valence-electron chi connectivity index (χ0n) is 11.4. The van der Waals surface area contributed by atoms with Crippen LogP contribution in [0.4, 0.5) is 0 Å². The van der Waals surface area contributed by atoms with E-state index in [-0.39, 0.29) is 11.8 Å². The number of hydrogen-bond acceptors (Lipinski definition) is 3. The number of thioether (sulfide) groups is 1. The maximum atomic E-state index is 12.3. The zero-order valence-corrected chi connectivity index (χ0v) is 12.2. The fourth-order valence-corrected chi connectivity index (χ4v) is 3.10. The van der Waals surface area contributed by atoms with E-state index in [1.54, 1.807) is 23.7 Å². The Balaban J connectivity index is 2.67. The van der Waals surface area contributed by atoms with E-state index in [1.807, 2.05) is 6.26 Å². The summed E-state index contributed by atoms with van der Waals surface area (Å²) >= 11 is 1.69. The number of carbonyl (C=O) groups is 2. The highest BCUT2D eigenvalue weighted by atomic mass is 32.2. The Kier molecular flexibility index (Phi) is 5.99. The van der Waals surface area contributed by atoms with Crippen molar-refractivity contribution >= 4 is 23.6 Å². The first-order valence-corrected chi connectivity index (χ1v) is 7.87. The summed E-state index contributed by atoms with van der Waals surface area (Å²) in [5.74, 6) is -0.341. The minimum atomic E-state index is -0.817. The number of rotatable bonds is 6. The highest BCUT2D eigenvalue weighted by Crippen LogP contribution is 2.39. The molecule has 1 rings (SSSR count). The lowest BCUT2D eigenvalue weighted by molar-refractivity contribution is -0.148. The van der Waals surface area contributed by atoms with Gasteiger partial charge in [0.25, 0.3) is 0 Å². The molecule has 0 saturated heterocycles. The van der Waals surface area contributed by atoms with Gasteiger partial charge in [-0.15, -0.1) is 0 Å². The second-order valence-electron chi connectivity index (χ2n) is 5.05. The molecule has 18 heavy (non-hydrogen) atoms. The molecular formula is C13H23NO3S. The summed E-state index contributed by atoms with van der Waals surface area (Å²) in [6.45, 7) is 2.76. The molecule has 0 heterocycles. The lowest BCUT2D eigenvalue weighted by Gasteiger charge is -2.23. The van der Waals surface area contributed by atoms with Crippen LogP contribution < -0.4 is 0 Å². The van der Waals surface area contributed by atoms with Crippen molar-refractivity contribution in [3.8, 4) is 0 Å². The number of amides is 1. The average molecular weight is 273 g/mol. The van der Waals surface area contributed by atoms with E-state index in [9.17, 15) is 14.7 Å². The number of carboxylic acids is 1. The van der Waals surface area contributed by atoms with Gasteiger partial charge in [0.15, 0.2) is 0 Å². The fraction of sp³-hybridized carbons (Fsp3) is 0.846. The van der Waals surface area contributed by atoms with E-state index in [1.165, 1.54) is 0 Å². The van der Waals surface area contributed by atoms with E-state index in [0.717, 1.165) is 18.6 Å². The van der Waals surface area contributed by atoms with Crippen LogP contribution in [0.5, 0.6) is 0 Å². The van der Waals surface area contributed by atoms with Gasteiger partial charge in [-0.3, -0.25) is 9.59 Å². The summed E-state index contributed by atoms with van der Waals surface area (Å²) in [4.78, 5) is 25.2. The van der Waals surface area contributed by atoms with Crippen LogP contribution in [0.2, 0.25) is 0 Å². The SMILES string of the molecule is CCC1C[C@H](C(=O)N(C)CCSC)[C@H](C(=O)O)C1. The molecule has 104 valence electrons. The second kappa shape index (κ2) is 7.02. The first-order chi connectivity index (χ1) is 8.51. The Hall–Kier alpha value is -0.710. The third-order valence-electron chi connectivity index (χ3n) is 3.88. The van der Waals surface area contributed by atoms with Crippen molar-refractivity contribution < 1.29 is 14.7 Å². The number of hydrogen-bond donors (Lipinski definition) is 1. The standard InChI is InChI=1S/C13H23NO3S/c1-4-9-7-10(11(8-9)13(16)17)12(15)14(2)5-6-18-3/h9-11H,4-8H2,1-3H3,(H,16,17)/t9?,10-,11+/m0/s1. The maximum absolute atomic E-state index is 12.3. The van der Waals surface area contributed by atoms with Crippen LogP contribution in [0.15, 0.2) is 0 Å². The van der Waals surface area contributed by atoms with E-state index in [0.29, 0.717) is 18.9 Å². The molecule has 5 heteroatoms. The Labute approximate surface area is 113 Å². The smallest absolute Gasteiger partial charge is 0.307 e. The van der Waals surface area contributed by atoms with Crippen LogP contribution in [0.3, 0.4) is 0 Å². The minimum Gasteiger partial charge on any atom is -0.481 e. The van der Waals surface area contributed by atoms with E-state index < -0.39 is 11.9 Å². The van der Waals surface area contributed by atoms with Crippen molar-refractivity contribution in [2.24, 2.45) is 17.8 Å². The highest BCUT2D eigenvalue weighted by molar-refractivity contribution is 7.98. The highest BCUT2D eigenvalue weighted by Gasteiger charge is 2.42. The van der Waals surface area contributed by atoms with E-state index >= 15 is 0 Å². The van der Waals surface area contributed by atoms with Crippen molar-refractivity contribution in [1.29, 1.82) is 0 Å². The lowest BCUT2D eigenvalue weighted by atomic mass is 9.95. The quantitative estimate of drug-likeness (QED) is 0.803. The number of carboxylic acid groups (broad SMARTS) is 1. The summed E-state index contributed by atoms with van der Waals surface area (Å²) in [6, 6.07) is 0. The molecule has 1 N–H and O–H groups in total. The molecule has 1 aliphatic rings. The maximum Gasteiger partial charge on any atom is 0.307 e. The molecule has 0 radical (unpaired) electrons. The number of nitrogens with zero attached hydrogens (tertiary/aromatic N) is 1. The van der Waals surface area contributed by atoms with Gasteiger partial charge in [0.1, 0.15) is 0 Å². The Morgan fingerprint density at radius 1 is 1.33 bits per heavy atom. The van der Waals surface area contributed by atoms with Crippen molar-refractivity contribution in [2.75, 3.05) is 25.6 Å². The molecule has 0 aromatic carbocycles. The van der Waals surface area contributed by atoms with Gasteiger partial charge in [-0.05, 0) is 25.0 Å². The monoisotopic (exact) mass is 273 g/mol.